The van der Waals surface area contributed by atoms with Crippen LogP contribution in [0.3, 0.4) is 0 Å². The lowest BCUT2D eigenvalue weighted by Gasteiger charge is -2.11. The van der Waals surface area contributed by atoms with Gasteiger partial charge in [-0.15, -0.1) is 6.42 Å². The number of aromatic nitrogens is 1. The SMILES string of the molecule is C#CCNCCn1c2c(ccc1=O)CCC2. The third kappa shape index (κ3) is 2.17. The number of rotatable bonds is 4. The molecule has 0 saturated heterocycles. The van der Waals surface area contributed by atoms with Gasteiger partial charge in [-0.3, -0.25) is 4.79 Å². The van der Waals surface area contributed by atoms with Crippen molar-refractivity contribution in [2.24, 2.45) is 0 Å². The molecule has 0 unspecified atom stereocenters. The molecule has 0 aromatic carbocycles. The van der Waals surface area contributed by atoms with Crippen molar-refractivity contribution in [1.29, 1.82) is 0 Å². The van der Waals surface area contributed by atoms with Gasteiger partial charge in [0.05, 0.1) is 6.54 Å². The first kappa shape index (κ1) is 11.0. The monoisotopic (exact) mass is 216 g/mol. The summed E-state index contributed by atoms with van der Waals surface area (Å²) in [6.07, 6.45) is 8.44. The maximum absolute atomic E-state index is 11.7. The zero-order valence-electron chi connectivity index (χ0n) is 9.33. The molecule has 1 aliphatic rings. The van der Waals surface area contributed by atoms with E-state index in [9.17, 15) is 4.79 Å². The molecule has 16 heavy (non-hydrogen) atoms. The minimum absolute atomic E-state index is 0.100. The lowest BCUT2D eigenvalue weighted by molar-refractivity contribution is 0.592. The molecule has 84 valence electrons. The minimum atomic E-state index is 0.100. The Balaban J connectivity index is 2.11. The van der Waals surface area contributed by atoms with E-state index in [2.05, 4.69) is 11.2 Å². The maximum Gasteiger partial charge on any atom is 0.250 e. The molecule has 0 amide bonds. The Labute approximate surface area is 95.5 Å². The zero-order chi connectivity index (χ0) is 11.4. The second kappa shape index (κ2) is 5.00. The molecule has 0 atom stereocenters. The summed E-state index contributed by atoms with van der Waals surface area (Å²) in [5, 5.41) is 3.11. The zero-order valence-corrected chi connectivity index (χ0v) is 9.33. The third-order valence-electron chi connectivity index (χ3n) is 2.99. The molecular formula is C13H16N2O. The molecule has 0 radical (unpaired) electrons. The molecule has 1 N–H and O–H groups in total. The lowest BCUT2D eigenvalue weighted by atomic mass is 10.2. The molecule has 1 aromatic rings. The maximum atomic E-state index is 11.7. The highest BCUT2D eigenvalue weighted by Gasteiger charge is 2.14. The van der Waals surface area contributed by atoms with Crippen LogP contribution in [0.2, 0.25) is 0 Å². The van der Waals surface area contributed by atoms with Crippen LogP contribution in [0.5, 0.6) is 0 Å². The molecule has 1 heterocycles. The molecule has 0 spiro atoms. The third-order valence-corrected chi connectivity index (χ3v) is 2.99. The van der Waals surface area contributed by atoms with E-state index in [4.69, 9.17) is 6.42 Å². The summed E-state index contributed by atoms with van der Waals surface area (Å²) >= 11 is 0. The number of aryl methyl sites for hydroxylation is 1. The van der Waals surface area contributed by atoms with Gasteiger partial charge in [0.1, 0.15) is 0 Å². The van der Waals surface area contributed by atoms with E-state index in [1.807, 2.05) is 10.6 Å². The van der Waals surface area contributed by atoms with Gasteiger partial charge in [0.2, 0.25) is 0 Å². The minimum Gasteiger partial charge on any atom is -0.311 e. The standard InChI is InChI=1S/C13H16N2O/c1-2-8-14-9-10-15-12-5-3-4-11(12)6-7-13(15)16/h1,6-7,14H,3-5,8-10H2. The highest BCUT2D eigenvalue weighted by molar-refractivity contribution is 5.25. The van der Waals surface area contributed by atoms with Crippen molar-refractivity contribution < 1.29 is 0 Å². The van der Waals surface area contributed by atoms with Crippen molar-refractivity contribution in [1.82, 2.24) is 9.88 Å². The van der Waals surface area contributed by atoms with Crippen molar-refractivity contribution in [2.45, 2.75) is 25.8 Å². The Kier molecular flexibility index (Phi) is 3.43. The van der Waals surface area contributed by atoms with Crippen molar-refractivity contribution in [2.75, 3.05) is 13.1 Å². The van der Waals surface area contributed by atoms with Crippen LogP contribution in [-0.4, -0.2) is 17.7 Å². The summed E-state index contributed by atoms with van der Waals surface area (Å²) in [5.74, 6) is 2.52. The molecule has 3 heteroatoms. The second-order valence-corrected chi connectivity index (χ2v) is 4.03. The van der Waals surface area contributed by atoms with Crippen LogP contribution in [0.4, 0.5) is 0 Å². The van der Waals surface area contributed by atoms with E-state index < -0.39 is 0 Å². The van der Waals surface area contributed by atoms with Crippen molar-refractivity contribution >= 4 is 0 Å². The van der Waals surface area contributed by atoms with Crippen LogP contribution in [-0.2, 0) is 19.4 Å². The van der Waals surface area contributed by atoms with Gasteiger partial charge in [0.15, 0.2) is 0 Å². The first-order chi connectivity index (χ1) is 7.83. The molecule has 1 aromatic heterocycles. The fourth-order valence-electron chi connectivity index (χ4n) is 2.23. The molecule has 2 rings (SSSR count). The van der Waals surface area contributed by atoms with Gasteiger partial charge in [0, 0.05) is 24.8 Å². The fraction of sp³-hybridized carbons (Fsp3) is 0.462. The van der Waals surface area contributed by atoms with Crippen LogP contribution >= 0.6 is 0 Å². The number of pyridine rings is 1. The highest BCUT2D eigenvalue weighted by Crippen LogP contribution is 2.19. The Bertz CT molecular complexity index is 468. The molecule has 1 aliphatic carbocycles. The van der Waals surface area contributed by atoms with Gasteiger partial charge >= 0.3 is 0 Å². The van der Waals surface area contributed by atoms with Gasteiger partial charge in [-0.2, -0.15) is 0 Å². The highest BCUT2D eigenvalue weighted by atomic mass is 16.1. The Morgan fingerprint density at radius 3 is 3.12 bits per heavy atom. The summed E-state index contributed by atoms with van der Waals surface area (Å²) in [6, 6.07) is 3.64. The van der Waals surface area contributed by atoms with Crippen LogP contribution in [0.1, 0.15) is 17.7 Å². The Morgan fingerprint density at radius 2 is 2.31 bits per heavy atom. The predicted octanol–water partition coefficient (Wildman–Crippen LogP) is 0.560. The molecule has 0 fully saturated rings. The summed E-state index contributed by atoms with van der Waals surface area (Å²) in [7, 11) is 0. The van der Waals surface area contributed by atoms with Crippen LogP contribution in [0.25, 0.3) is 0 Å². The Morgan fingerprint density at radius 1 is 1.44 bits per heavy atom. The second-order valence-electron chi connectivity index (χ2n) is 4.03. The predicted molar refractivity (Wildman–Crippen MR) is 64.4 cm³/mol. The molecule has 0 bridgehead atoms. The van der Waals surface area contributed by atoms with E-state index in [0.29, 0.717) is 13.1 Å². The van der Waals surface area contributed by atoms with Crippen molar-refractivity contribution in [3.8, 4) is 12.3 Å². The van der Waals surface area contributed by atoms with E-state index in [1.54, 1.807) is 6.07 Å². The average molecular weight is 216 g/mol. The smallest absolute Gasteiger partial charge is 0.250 e. The first-order valence-corrected chi connectivity index (χ1v) is 5.68. The van der Waals surface area contributed by atoms with Gasteiger partial charge in [-0.05, 0) is 24.8 Å². The molecule has 3 nitrogen and oxygen atoms in total. The summed E-state index contributed by atoms with van der Waals surface area (Å²) in [5.41, 5.74) is 2.65. The van der Waals surface area contributed by atoms with Gasteiger partial charge in [0.25, 0.3) is 5.56 Å². The van der Waals surface area contributed by atoms with Gasteiger partial charge < -0.3 is 9.88 Å². The van der Waals surface area contributed by atoms with Gasteiger partial charge in [-0.1, -0.05) is 12.0 Å². The summed E-state index contributed by atoms with van der Waals surface area (Å²) < 4.78 is 1.88. The van der Waals surface area contributed by atoms with E-state index >= 15 is 0 Å². The molecule has 0 saturated carbocycles. The van der Waals surface area contributed by atoms with Crippen molar-refractivity contribution in [3.63, 3.8) is 0 Å². The van der Waals surface area contributed by atoms with Crippen LogP contribution in [0, 0.1) is 12.3 Å². The molecular weight excluding hydrogens is 200 g/mol. The number of hydrogen-bond acceptors (Lipinski definition) is 2. The topological polar surface area (TPSA) is 34.0 Å². The summed E-state index contributed by atoms with van der Waals surface area (Å²) in [4.78, 5) is 11.7. The van der Waals surface area contributed by atoms with Crippen molar-refractivity contribution in [3.05, 3.63) is 33.7 Å². The van der Waals surface area contributed by atoms with E-state index in [-0.39, 0.29) is 5.56 Å². The quantitative estimate of drug-likeness (QED) is 0.589. The first-order valence-electron chi connectivity index (χ1n) is 5.68. The Hall–Kier alpha value is -1.53. The summed E-state index contributed by atoms with van der Waals surface area (Å²) in [6.45, 7) is 2.02. The van der Waals surface area contributed by atoms with E-state index in [1.165, 1.54) is 11.3 Å². The van der Waals surface area contributed by atoms with E-state index in [0.717, 1.165) is 25.8 Å². The van der Waals surface area contributed by atoms with Crippen LogP contribution < -0.4 is 10.9 Å². The number of terminal acetylenes is 1. The van der Waals surface area contributed by atoms with Gasteiger partial charge in [-0.25, -0.2) is 0 Å². The average Bonchev–Trinajstić information content (AvgIpc) is 2.75. The normalized spacial score (nSPS) is 13.4. The fourth-order valence-corrected chi connectivity index (χ4v) is 2.23. The number of hydrogen-bond donors (Lipinski definition) is 1. The van der Waals surface area contributed by atoms with Crippen LogP contribution in [0.15, 0.2) is 16.9 Å². The number of nitrogens with one attached hydrogen (secondary N) is 1. The lowest BCUT2D eigenvalue weighted by Crippen LogP contribution is -2.29. The largest absolute Gasteiger partial charge is 0.311 e. The molecule has 0 aliphatic heterocycles. The number of nitrogens with zero attached hydrogens (tertiary/aromatic N) is 1. The number of fused-ring (bicyclic) bond motifs is 1.